The summed E-state index contributed by atoms with van der Waals surface area (Å²) in [6.07, 6.45) is 0. The molecule has 0 aromatic carbocycles. The average Bonchev–Trinajstić information content (AvgIpc) is 2.31. The van der Waals surface area contributed by atoms with E-state index in [0.717, 1.165) is 0 Å². The van der Waals surface area contributed by atoms with Crippen molar-refractivity contribution in [3.05, 3.63) is 0 Å². The Morgan fingerprint density at radius 1 is 0.944 bits per heavy atom. The van der Waals surface area contributed by atoms with Gasteiger partial charge in [0.05, 0.1) is 13.2 Å². The van der Waals surface area contributed by atoms with Gasteiger partial charge in [-0.25, -0.2) is 0 Å². The van der Waals surface area contributed by atoms with Gasteiger partial charge in [-0.05, 0) is 0 Å². The molecule has 0 saturated heterocycles. The Balaban J connectivity index is 3.18. The monoisotopic (exact) mass is 260 g/mol. The smallest absolute Gasteiger partial charge is 0.229 e. The third-order valence-electron chi connectivity index (χ3n) is 3.90. The van der Waals surface area contributed by atoms with Crippen molar-refractivity contribution in [2.45, 2.75) is 12.1 Å². The summed E-state index contributed by atoms with van der Waals surface area (Å²) in [7, 11) is 2.79. The highest BCUT2D eigenvalue weighted by atomic mass is 16.5. The molecule has 1 fully saturated rings. The van der Waals surface area contributed by atoms with Gasteiger partial charge < -0.3 is 32.4 Å². The van der Waals surface area contributed by atoms with E-state index < -0.39 is 34.7 Å². The van der Waals surface area contributed by atoms with Crippen LogP contribution in [0.5, 0.6) is 0 Å². The number of ether oxygens (including phenoxy) is 2. The summed E-state index contributed by atoms with van der Waals surface area (Å²) < 4.78 is 9.90. The highest BCUT2D eigenvalue weighted by molar-refractivity contribution is 5.93. The molecule has 0 aliphatic heterocycles. The van der Waals surface area contributed by atoms with Crippen molar-refractivity contribution in [3.8, 4) is 0 Å². The van der Waals surface area contributed by atoms with Crippen molar-refractivity contribution in [2.24, 2.45) is 33.8 Å². The molecular formula is C10H20N4O4. The van der Waals surface area contributed by atoms with E-state index in [9.17, 15) is 9.59 Å². The van der Waals surface area contributed by atoms with E-state index in [0.29, 0.717) is 0 Å². The molecule has 1 rings (SSSR count). The Morgan fingerprint density at radius 2 is 1.22 bits per heavy atom. The zero-order valence-corrected chi connectivity index (χ0v) is 10.5. The molecule has 8 N–H and O–H groups in total. The van der Waals surface area contributed by atoms with Crippen LogP contribution in [0.1, 0.15) is 0 Å². The molecule has 0 unspecified atom stereocenters. The predicted molar refractivity (Wildman–Crippen MR) is 63.0 cm³/mol. The van der Waals surface area contributed by atoms with Crippen LogP contribution in [0.3, 0.4) is 0 Å². The van der Waals surface area contributed by atoms with Crippen molar-refractivity contribution >= 4 is 11.8 Å². The minimum atomic E-state index is -1.30. The predicted octanol–water partition coefficient (Wildman–Crippen LogP) is -3.11. The first-order valence-corrected chi connectivity index (χ1v) is 5.41. The van der Waals surface area contributed by atoms with E-state index in [-0.39, 0.29) is 13.2 Å². The van der Waals surface area contributed by atoms with Gasteiger partial charge in [0.15, 0.2) is 0 Å². The normalized spacial score (nSPS) is 39.1. The summed E-state index contributed by atoms with van der Waals surface area (Å²) in [6, 6.07) is -1.87. The SMILES string of the molecule is COCC1(C(N)=O)C(N)C(COC)(C(N)=O)C1N. The number of hydrogen-bond acceptors (Lipinski definition) is 6. The van der Waals surface area contributed by atoms with Crippen LogP contribution in [0.15, 0.2) is 0 Å². The first kappa shape index (κ1) is 14.8. The minimum Gasteiger partial charge on any atom is -0.383 e. The molecule has 0 radical (unpaired) electrons. The Kier molecular flexibility index (Phi) is 3.96. The molecule has 0 bridgehead atoms. The van der Waals surface area contributed by atoms with E-state index in [1.807, 2.05) is 0 Å². The molecule has 0 spiro atoms. The second-order valence-electron chi connectivity index (χ2n) is 4.63. The van der Waals surface area contributed by atoms with Crippen molar-refractivity contribution in [1.82, 2.24) is 0 Å². The molecular weight excluding hydrogens is 240 g/mol. The molecule has 0 aromatic heterocycles. The fraction of sp³-hybridized carbons (Fsp3) is 0.800. The molecule has 1 saturated carbocycles. The molecule has 1 aliphatic rings. The van der Waals surface area contributed by atoms with Crippen LogP contribution in [0.2, 0.25) is 0 Å². The van der Waals surface area contributed by atoms with Crippen LogP contribution >= 0.6 is 0 Å². The second kappa shape index (κ2) is 4.81. The maximum atomic E-state index is 11.6. The number of methoxy groups -OCH3 is 2. The summed E-state index contributed by atoms with van der Waals surface area (Å²) in [5.74, 6) is -1.42. The summed E-state index contributed by atoms with van der Waals surface area (Å²) in [5.41, 5.74) is 20.0. The van der Waals surface area contributed by atoms with Gasteiger partial charge in [-0.1, -0.05) is 0 Å². The first-order chi connectivity index (χ1) is 8.32. The van der Waals surface area contributed by atoms with Crippen LogP contribution in [-0.2, 0) is 19.1 Å². The van der Waals surface area contributed by atoms with Gasteiger partial charge in [-0.3, -0.25) is 9.59 Å². The first-order valence-electron chi connectivity index (χ1n) is 5.41. The lowest BCUT2D eigenvalue weighted by molar-refractivity contribution is -0.183. The molecule has 0 atom stereocenters. The van der Waals surface area contributed by atoms with Crippen molar-refractivity contribution in [2.75, 3.05) is 27.4 Å². The highest BCUT2D eigenvalue weighted by Crippen LogP contribution is 2.52. The standard InChI is InChI=1S/C10H20N4O4/c1-17-3-9(7(13)15)5(11)10(4-18-2,6(9)12)8(14)16/h5-6H,3-4,11-12H2,1-2H3,(H2,13,15)(H2,14,16). The van der Waals surface area contributed by atoms with E-state index in [1.54, 1.807) is 0 Å². The van der Waals surface area contributed by atoms with E-state index in [1.165, 1.54) is 14.2 Å². The van der Waals surface area contributed by atoms with Crippen molar-refractivity contribution in [1.29, 1.82) is 0 Å². The quantitative estimate of drug-likeness (QED) is 0.396. The molecule has 2 amide bonds. The lowest BCUT2D eigenvalue weighted by Gasteiger charge is -2.62. The van der Waals surface area contributed by atoms with Crippen LogP contribution in [0.25, 0.3) is 0 Å². The van der Waals surface area contributed by atoms with E-state index >= 15 is 0 Å². The lowest BCUT2D eigenvalue weighted by atomic mass is 9.45. The summed E-state index contributed by atoms with van der Waals surface area (Å²) >= 11 is 0. The number of carbonyl (C=O) groups excluding carboxylic acids is 2. The number of primary amides is 2. The van der Waals surface area contributed by atoms with Gasteiger partial charge in [0, 0.05) is 26.3 Å². The highest BCUT2D eigenvalue weighted by Gasteiger charge is 2.74. The largest absolute Gasteiger partial charge is 0.383 e. The van der Waals surface area contributed by atoms with Gasteiger partial charge in [-0.2, -0.15) is 0 Å². The third-order valence-corrected chi connectivity index (χ3v) is 3.90. The Labute approximate surface area is 105 Å². The molecule has 18 heavy (non-hydrogen) atoms. The maximum absolute atomic E-state index is 11.6. The summed E-state index contributed by atoms with van der Waals surface area (Å²) in [5, 5.41) is 0. The zero-order chi connectivity index (χ0) is 14.1. The van der Waals surface area contributed by atoms with E-state index in [4.69, 9.17) is 32.4 Å². The number of nitrogens with two attached hydrogens (primary N) is 4. The lowest BCUT2D eigenvalue weighted by Crippen LogP contribution is -2.87. The van der Waals surface area contributed by atoms with Gasteiger partial charge >= 0.3 is 0 Å². The molecule has 8 nitrogen and oxygen atoms in total. The van der Waals surface area contributed by atoms with Crippen LogP contribution in [0, 0.1) is 10.8 Å². The number of carbonyl (C=O) groups is 2. The second-order valence-corrected chi connectivity index (χ2v) is 4.63. The van der Waals surface area contributed by atoms with Crippen molar-refractivity contribution in [3.63, 3.8) is 0 Å². The Bertz CT molecular complexity index is 318. The summed E-state index contributed by atoms with van der Waals surface area (Å²) in [6.45, 7) is -0.132. The summed E-state index contributed by atoms with van der Waals surface area (Å²) in [4.78, 5) is 23.2. The fourth-order valence-corrected chi connectivity index (χ4v) is 2.80. The molecule has 1 aliphatic carbocycles. The molecule has 0 heterocycles. The molecule has 0 aromatic rings. The van der Waals surface area contributed by atoms with Gasteiger partial charge in [0.2, 0.25) is 11.8 Å². The average molecular weight is 260 g/mol. The number of amides is 2. The van der Waals surface area contributed by atoms with Gasteiger partial charge in [-0.15, -0.1) is 0 Å². The third kappa shape index (κ3) is 1.53. The number of hydrogen-bond donors (Lipinski definition) is 4. The van der Waals surface area contributed by atoms with Crippen molar-refractivity contribution < 1.29 is 19.1 Å². The zero-order valence-electron chi connectivity index (χ0n) is 10.5. The fourth-order valence-electron chi connectivity index (χ4n) is 2.80. The maximum Gasteiger partial charge on any atom is 0.229 e. The van der Waals surface area contributed by atoms with Gasteiger partial charge in [0.1, 0.15) is 10.8 Å². The molecule has 8 heteroatoms. The van der Waals surface area contributed by atoms with Crippen LogP contribution < -0.4 is 22.9 Å². The van der Waals surface area contributed by atoms with Crippen LogP contribution in [-0.4, -0.2) is 51.3 Å². The topological polar surface area (TPSA) is 157 Å². The van der Waals surface area contributed by atoms with Gasteiger partial charge in [0.25, 0.3) is 0 Å². The Morgan fingerprint density at radius 3 is 1.39 bits per heavy atom. The van der Waals surface area contributed by atoms with Crippen LogP contribution in [0.4, 0.5) is 0 Å². The Hall–Kier alpha value is -1.22. The minimum absolute atomic E-state index is 0.0661. The molecule has 104 valence electrons. The van der Waals surface area contributed by atoms with E-state index in [2.05, 4.69) is 0 Å². The number of rotatable bonds is 6.